The number of rotatable bonds is 5. The fourth-order valence-electron chi connectivity index (χ4n) is 3.69. The highest BCUT2D eigenvalue weighted by molar-refractivity contribution is 6.28. The molecule has 136 valence electrons. The molecule has 0 saturated heterocycles. The highest BCUT2D eigenvalue weighted by atomic mass is 16.1. The number of aromatic nitrogens is 1. The van der Waals surface area contributed by atoms with Gasteiger partial charge in [-0.2, -0.15) is 0 Å². The summed E-state index contributed by atoms with van der Waals surface area (Å²) in [7, 11) is 0. The molecule has 0 atom stereocenters. The summed E-state index contributed by atoms with van der Waals surface area (Å²) in [6.45, 7) is 10.1. The van der Waals surface area contributed by atoms with Gasteiger partial charge in [-0.25, -0.2) is 0 Å². The zero-order valence-corrected chi connectivity index (χ0v) is 15.6. The minimum absolute atomic E-state index is 0.183. The molecule has 0 spiro atoms. The van der Waals surface area contributed by atoms with Crippen LogP contribution in [-0.4, -0.2) is 16.1 Å². The minimum Gasteiger partial charge on any atom is -0.352 e. The molecule has 0 unspecified atom stereocenters. The van der Waals surface area contributed by atoms with Gasteiger partial charge in [-0.15, -0.1) is 0 Å². The van der Waals surface area contributed by atoms with Crippen LogP contribution in [0.2, 0.25) is 0 Å². The fraction of sp³-hybridized carbons (Fsp3) is 0.381. The van der Waals surface area contributed by atoms with Gasteiger partial charge in [0.1, 0.15) is 11.4 Å². The van der Waals surface area contributed by atoms with Crippen molar-refractivity contribution in [1.29, 1.82) is 0 Å². The maximum atomic E-state index is 13.3. The molecule has 1 aliphatic carbocycles. The van der Waals surface area contributed by atoms with E-state index in [9.17, 15) is 14.4 Å². The molecule has 1 aliphatic heterocycles. The van der Waals surface area contributed by atoms with Gasteiger partial charge in [-0.3, -0.25) is 14.4 Å². The monoisotopic (exact) mass is 352 g/mol. The molecular weight excluding hydrogens is 328 g/mol. The summed E-state index contributed by atoms with van der Waals surface area (Å²) < 4.78 is 1.47. The molecule has 0 amide bonds. The number of nitrogens with zero attached hydrogens (tertiary/aromatic N) is 1. The predicted molar refractivity (Wildman–Crippen MR) is 101 cm³/mol. The standard InChI is InChI=1S/C21H24N2O3/c1-5-7-9-23-15(24)11-14(8-6-2)17-19(23)21(26)18-16(20(17)25)12(3)10-13(4)22-18/h10-11,22H,4-9H2,1-3H3. The van der Waals surface area contributed by atoms with Crippen LogP contribution in [0.5, 0.6) is 0 Å². The molecule has 5 nitrogen and oxygen atoms in total. The summed E-state index contributed by atoms with van der Waals surface area (Å²) in [5, 5.41) is 2.95. The lowest BCUT2D eigenvalue weighted by Gasteiger charge is -2.29. The summed E-state index contributed by atoms with van der Waals surface area (Å²) in [5.74, 6) is -0.480. The van der Waals surface area contributed by atoms with Crippen LogP contribution in [0.3, 0.4) is 0 Å². The van der Waals surface area contributed by atoms with Gasteiger partial charge >= 0.3 is 0 Å². The van der Waals surface area contributed by atoms with E-state index in [2.05, 4.69) is 11.9 Å². The Labute approximate surface area is 153 Å². The molecule has 5 heteroatoms. The first-order valence-corrected chi connectivity index (χ1v) is 9.15. The number of pyridine rings is 1. The first kappa shape index (κ1) is 18.1. The summed E-state index contributed by atoms with van der Waals surface area (Å²) in [6.07, 6.45) is 4.82. The molecule has 1 N–H and O–H groups in total. The Kier molecular flexibility index (Phi) is 4.81. The predicted octanol–water partition coefficient (Wildman–Crippen LogP) is 3.30. The van der Waals surface area contributed by atoms with E-state index in [0.29, 0.717) is 35.4 Å². The molecule has 0 radical (unpaired) electrons. The van der Waals surface area contributed by atoms with Crippen molar-refractivity contribution >= 4 is 11.6 Å². The average Bonchev–Trinajstić information content (AvgIpc) is 2.58. The molecule has 0 fully saturated rings. The van der Waals surface area contributed by atoms with Gasteiger partial charge in [0.2, 0.25) is 5.78 Å². The van der Waals surface area contributed by atoms with Gasteiger partial charge in [0, 0.05) is 18.3 Å². The lowest BCUT2D eigenvalue weighted by molar-refractivity contribution is 0.0961. The number of fused-ring (bicyclic) bond motifs is 1. The van der Waals surface area contributed by atoms with Crippen LogP contribution in [0.25, 0.3) is 0 Å². The highest BCUT2D eigenvalue weighted by Gasteiger charge is 2.38. The second-order valence-electron chi connectivity index (χ2n) is 6.87. The Morgan fingerprint density at radius 1 is 1.12 bits per heavy atom. The number of dihydropyridines is 1. The first-order valence-electron chi connectivity index (χ1n) is 9.15. The van der Waals surface area contributed by atoms with Crippen LogP contribution in [0.15, 0.2) is 46.1 Å². The van der Waals surface area contributed by atoms with Gasteiger partial charge in [0.05, 0.1) is 11.1 Å². The Morgan fingerprint density at radius 2 is 1.85 bits per heavy atom. The third kappa shape index (κ3) is 2.77. The molecule has 1 aromatic rings. The van der Waals surface area contributed by atoms with Crippen molar-refractivity contribution in [3.63, 3.8) is 0 Å². The molecule has 0 aromatic carbocycles. The van der Waals surface area contributed by atoms with E-state index >= 15 is 0 Å². The number of allylic oxidation sites excluding steroid dienone is 4. The van der Waals surface area contributed by atoms with Crippen LogP contribution in [0.4, 0.5) is 0 Å². The Bertz CT molecular complexity index is 945. The fourth-order valence-corrected chi connectivity index (χ4v) is 3.69. The van der Waals surface area contributed by atoms with Crippen molar-refractivity contribution in [2.24, 2.45) is 0 Å². The van der Waals surface area contributed by atoms with Gasteiger partial charge in [-0.05, 0) is 37.0 Å². The van der Waals surface area contributed by atoms with Crippen molar-refractivity contribution in [3.8, 4) is 0 Å². The van der Waals surface area contributed by atoms with Gasteiger partial charge in [-0.1, -0.05) is 33.3 Å². The molecule has 3 rings (SSSR count). The number of Topliss-reactive ketones (excluding diaryl/α,β-unsaturated/α-hetero) is 2. The number of carbonyl (C=O) groups excluding carboxylic acids is 2. The molecule has 2 aliphatic rings. The van der Waals surface area contributed by atoms with E-state index in [1.54, 1.807) is 6.08 Å². The van der Waals surface area contributed by atoms with E-state index in [-0.39, 0.29) is 28.5 Å². The number of nitrogens with one attached hydrogen (secondary N) is 1. The third-order valence-corrected chi connectivity index (χ3v) is 4.86. The van der Waals surface area contributed by atoms with Crippen molar-refractivity contribution in [2.45, 2.75) is 53.0 Å². The van der Waals surface area contributed by atoms with E-state index in [0.717, 1.165) is 24.8 Å². The van der Waals surface area contributed by atoms with Crippen molar-refractivity contribution in [3.05, 3.63) is 68.4 Å². The summed E-state index contributed by atoms with van der Waals surface area (Å²) >= 11 is 0. The maximum absolute atomic E-state index is 13.3. The molecule has 26 heavy (non-hydrogen) atoms. The average molecular weight is 352 g/mol. The van der Waals surface area contributed by atoms with Crippen LogP contribution in [0, 0.1) is 0 Å². The van der Waals surface area contributed by atoms with E-state index in [1.165, 1.54) is 10.6 Å². The Morgan fingerprint density at radius 3 is 2.50 bits per heavy atom. The van der Waals surface area contributed by atoms with E-state index < -0.39 is 0 Å². The third-order valence-electron chi connectivity index (χ3n) is 4.86. The first-order chi connectivity index (χ1) is 12.4. The number of unbranched alkanes of at least 4 members (excludes halogenated alkanes) is 1. The maximum Gasteiger partial charge on any atom is 0.251 e. The lowest BCUT2D eigenvalue weighted by atomic mass is 9.82. The smallest absolute Gasteiger partial charge is 0.251 e. The van der Waals surface area contributed by atoms with Crippen LogP contribution in [0.1, 0.15) is 66.4 Å². The largest absolute Gasteiger partial charge is 0.352 e. The topological polar surface area (TPSA) is 68.2 Å². The Hall–Kier alpha value is -2.69. The SMILES string of the molecule is C=C1C=C(C)C2=C(N1)C(=O)c1c(c(CCC)cc(=O)n1CCCC)C2=O. The number of aryl methyl sites for hydroxylation is 1. The highest BCUT2D eigenvalue weighted by Crippen LogP contribution is 2.33. The number of hydrogen-bond donors (Lipinski definition) is 1. The molecule has 0 saturated carbocycles. The second-order valence-corrected chi connectivity index (χ2v) is 6.87. The number of ketones is 2. The number of carbonyl (C=O) groups is 2. The van der Waals surface area contributed by atoms with E-state index in [1.807, 2.05) is 20.8 Å². The van der Waals surface area contributed by atoms with Gasteiger partial charge in [0.15, 0.2) is 5.78 Å². The second kappa shape index (κ2) is 6.90. The molecule has 1 aromatic heterocycles. The quantitative estimate of drug-likeness (QED) is 0.883. The van der Waals surface area contributed by atoms with E-state index in [4.69, 9.17) is 0 Å². The zero-order valence-electron chi connectivity index (χ0n) is 15.6. The van der Waals surface area contributed by atoms with Crippen molar-refractivity contribution < 1.29 is 9.59 Å². The molecular formula is C21H24N2O3. The summed E-state index contributed by atoms with van der Waals surface area (Å²) in [4.78, 5) is 39.3. The van der Waals surface area contributed by atoms with Crippen LogP contribution < -0.4 is 10.9 Å². The summed E-state index contributed by atoms with van der Waals surface area (Å²) in [6, 6.07) is 1.53. The molecule has 2 heterocycles. The Balaban J connectivity index is 2.30. The normalized spacial score (nSPS) is 16.3. The molecule has 0 bridgehead atoms. The van der Waals surface area contributed by atoms with Gasteiger partial charge in [0.25, 0.3) is 5.56 Å². The van der Waals surface area contributed by atoms with Crippen LogP contribution in [-0.2, 0) is 13.0 Å². The number of hydrogen-bond acceptors (Lipinski definition) is 4. The van der Waals surface area contributed by atoms with Crippen molar-refractivity contribution in [1.82, 2.24) is 9.88 Å². The minimum atomic E-state index is -0.297. The van der Waals surface area contributed by atoms with Crippen LogP contribution >= 0.6 is 0 Å². The van der Waals surface area contributed by atoms with Gasteiger partial charge < -0.3 is 9.88 Å². The zero-order chi connectivity index (χ0) is 19.0. The summed E-state index contributed by atoms with van der Waals surface area (Å²) in [5.41, 5.74) is 3.01. The lowest BCUT2D eigenvalue weighted by Crippen LogP contribution is -2.39. The van der Waals surface area contributed by atoms with Crippen molar-refractivity contribution in [2.75, 3.05) is 0 Å².